The van der Waals surface area contributed by atoms with Crippen LogP contribution < -0.4 is 9.47 Å². The number of benzene rings is 1. The topological polar surface area (TPSA) is 38.7 Å². The highest BCUT2D eigenvalue weighted by Crippen LogP contribution is 2.47. The lowest BCUT2D eigenvalue weighted by molar-refractivity contribution is 0.149. The molecule has 0 heterocycles. The fourth-order valence-electron chi connectivity index (χ4n) is 2.32. The molecule has 1 aliphatic carbocycles. The van der Waals surface area contributed by atoms with Gasteiger partial charge in [0.2, 0.25) is 0 Å². The summed E-state index contributed by atoms with van der Waals surface area (Å²) >= 11 is 3.60. The van der Waals surface area contributed by atoms with Crippen LogP contribution in [0.4, 0.5) is 0 Å². The average Bonchev–Trinajstić information content (AvgIpc) is 3.07. The van der Waals surface area contributed by atoms with Crippen LogP contribution in [0.1, 0.15) is 29.5 Å². The van der Waals surface area contributed by atoms with Gasteiger partial charge in [0.15, 0.2) is 11.5 Å². The fraction of sp³-hybridized carbons (Fsp3) is 0.571. The first-order valence-electron chi connectivity index (χ1n) is 6.05. The fourth-order valence-corrected chi connectivity index (χ4v) is 2.74. The monoisotopic (exact) mass is 314 g/mol. The Labute approximate surface area is 116 Å². The van der Waals surface area contributed by atoms with E-state index in [9.17, 15) is 5.11 Å². The van der Waals surface area contributed by atoms with Crippen molar-refractivity contribution in [1.82, 2.24) is 0 Å². The SMILES string of the molecule is COc1c(C)c(Br)c(C)c(CC2(O)CC2)c1OC. The third-order valence-electron chi connectivity index (χ3n) is 3.67. The molecule has 0 saturated heterocycles. The van der Waals surface area contributed by atoms with Crippen LogP contribution >= 0.6 is 15.9 Å². The van der Waals surface area contributed by atoms with Crippen molar-refractivity contribution in [3.63, 3.8) is 0 Å². The molecule has 1 N–H and O–H groups in total. The zero-order chi connectivity index (χ0) is 13.5. The Morgan fingerprint density at radius 2 is 1.67 bits per heavy atom. The summed E-state index contributed by atoms with van der Waals surface area (Å²) in [7, 11) is 3.29. The van der Waals surface area contributed by atoms with Gasteiger partial charge in [-0.05, 0) is 32.3 Å². The summed E-state index contributed by atoms with van der Waals surface area (Å²) in [4.78, 5) is 0. The van der Waals surface area contributed by atoms with Crippen LogP contribution in [-0.4, -0.2) is 24.9 Å². The molecule has 1 fully saturated rings. The van der Waals surface area contributed by atoms with Gasteiger partial charge in [-0.15, -0.1) is 0 Å². The molecule has 100 valence electrons. The van der Waals surface area contributed by atoms with Gasteiger partial charge in [0.1, 0.15) is 0 Å². The maximum absolute atomic E-state index is 10.1. The summed E-state index contributed by atoms with van der Waals surface area (Å²) in [6.45, 7) is 4.04. The summed E-state index contributed by atoms with van der Waals surface area (Å²) in [5.74, 6) is 1.49. The Bertz CT molecular complexity index is 479. The molecule has 0 bridgehead atoms. The molecular weight excluding hydrogens is 296 g/mol. The number of rotatable bonds is 4. The maximum atomic E-state index is 10.1. The molecule has 2 rings (SSSR count). The minimum absolute atomic E-state index is 0.544. The van der Waals surface area contributed by atoms with Gasteiger partial charge in [-0.25, -0.2) is 0 Å². The van der Waals surface area contributed by atoms with Crippen molar-refractivity contribution in [2.24, 2.45) is 0 Å². The van der Waals surface area contributed by atoms with Crippen LogP contribution in [0.25, 0.3) is 0 Å². The maximum Gasteiger partial charge on any atom is 0.165 e. The highest BCUT2D eigenvalue weighted by Gasteiger charge is 2.42. The van der Waals surface area contributed by atoms with Crippen molar-refractivity contribution in [3.8, 4) is 11.5 Å². The van der Waals surface area contributed by atoms with Gasteiger partial charge >= 0.3 is 0 Å². The molecule has 0 atom stereocenters. The molecule has 3 nitrogen and oxygen atoms in total. The molecule has 18 heavy (non-hydrogen) atoms. The van der Waals surface area contributed by atoms with E-state index in [0.717, 1.165) is 45.5 Å². The smallest absolute Gasteiger partial charge is 0.165 e. The van der Waals surface area contributed by atoms with Crippen LogP contribution in [0.3, 0.4) is 0 Å². The minimum atomic E-state index is -0.544. The van der Waals surface area contributed by atoms with Crippen LogP contribution in [0.2, 0.25) is 0 Å². The van der Waals surface area contributed by atoms with E-state index in [1.807, 2.05) is 13.8 Å². The molecule has 4 heteroatoms. The number of ether oxygens (including phenoxy) is 2. The van der Waals surface area contributed by atoms with Crippen molar-refractivity contribution in [1.29, 1.82) is 0 Å². The molecule has 0 spiro atoms. The number of hydrogen-bond acceptors (Lipinski definition) is 3. The first-order chi connectivity index (χ1) is 8.43. The normalized spacial score (nSPS) is 16.6. The third-order valence-corrected chi connectivity index (χ3v) is 4.86. The zero-order valence-corrected chi connectivity index (χ0v) is 12.8. The predicted molar refractivity (Wildman–Crippen MR) is 74.6 cm³/mol. The number of methoxy groups -OCH3 is 2. The summed E-state index contributed by atoms with van der Waals surface area (Å²) in [6.07, 6.45) is 2.35. The minimum Gasteiger partial charge on any atom is -0.493 e. The second kappa shape index (κ2) is 4.74. The quantitative estimate of drug-likeness (QED) is 0.928. The highest BCUT2D eigenvalue weighted by molar-refractivity contribution is 9.10. The third kappa shape index (κ3) is 2.24. The van der Waals surface area contributed by atoms with Crippen molar-refractivity contribution >= 4 is 15.9 Å². The Kier molecular flexibility index (Phi) is 3.60. The van der Waals surface area contributed by atoms with Crippen LogP contribution in [0.15, 0.2) is 4.47 Å². The number of hydrogen-bond donors (Lipinski definition) is 1. The second-order valence-electron chi connectivity index (χ2n) is 5.01. The zero-order valence-electron chi connectivity index (χ0n) is 11.3. The highest BCUT2D eigenvalue weighted by atomic mass is 79.9. The number of halogens is 1. The van der Waals surface area contributed by atoms with Crippen LogP contribution in [0, 0.1) is 13.8 Å². The van der Waals surface area contributed by atoms with Gasteiger partial charge in [-0.2, -0.15) is 0 Å². The molecule has 0 aromatic heterocycles. The van der Waals surface area contributed by atoms with E-state index < -0.39 is 5.60 Å². The summed E-state index contributed by atoms with van der Waals surface area (Å²) < 4.78 is 12.0. The molecule has 0 unspecified atom stereocenters. The lowest BCUT2D eigenvalue weighted by Crippen LogP contribution is -2.14. The van der Waals surface area contributed by atoms with E-state index in [0.29, 0.717) is 6.42 Å². The van der Waals surface area contributed by atoms with E-state index in [-0.39, 0.29) is 0 Å². The molecule has 0 radical (unpaired) electrons. The van der Waals surface area contributed by atoms with Gasteiger partial charge in [0, 0.05) is 22.0 Å². The lowest BCUT2D eigenvalue weighted by atomic mass is 9.97. The Morgan fingerprint density at radius 3 is 2.11 bits per heavy atom. The molecule has 0 amide bonds. The van der Waals surface area contributed by atoms with Crippen molar-refractivity contribution < 1.29 is 14.6 Å². The van der Waals surface area contributed by atoms with Crippen LogP contribution in [0.5, 0.6) is 11.5 Å². The molecule has 1 aromatic carbocycles. The predicted octanol–water partition coefficient (Wildman–Crippen LogP) is 3.15. The first kappa shape index (κ1) is 13.7. The van der Waals surface area contributed by atoms with Gasteiger partial charge in [-0.3, -0.25) is 0 Å². The van der Waals surface area contributed by atoms with Crippen LogP contribution in [-0.2, 0) is 6.42 Å². The summed E-state index contributed by atoms with van der Waals surface area (Å²) in [5.41, 5.74) is 2.63. The first-order valence-corrected chi connectivity index (χ1v) is 6.84. The van der Waals surface area contributed by atoms with Crippen molar-refractivity contribution in [2.75, 3.05) is 14.2 Å². The molecule has 0 aliphatic heterocycles. The van der Waals surface area contributed by atoms with Crippen molar-refractivity contribution in [3.05, 3.63) is 21.2 Å². The molecular formula is C14H19BrO3. The number of aliphatic hydroxyl groups is 1. The standard InChI is InChI=1S/C14H19BrO3/c1-8-10(7-14(16)5-6-14)13(18-4)12(17-3)9(2)11(8)15/h16H,5-7H2,1-4H3. The van der Waals surface area contributed by atoms with Gasteiger partial charge in [-0.1, -0.05) is 15.9 Å². The molecule has 1 saturated carbocycles. The van der Waals surface area contributed by atoms with Gasteiger partial charge < -0.3 is 14.6 Å². The largest absolute Gasteiger partial charge is 0.493 e. The summed E-state index contributed by atoms with van der Waals surface area (Å²) in [5, 5.41) is 10.1. The Morgan fingerprint density at radius 1 is 1.11 bits per heavy atom. The molecule has 1 aromatic rings. The van der Waals surface area contributed by atoms with E-state index in [1.165, 1.54) is 0 Å². The van der Waals surface area contributed by atoms with E-state index >= 15 is 0 Å². The van der Waals surface area contributed by atoms with Gasteiger partial charge in [0.05, 0.1) is 19.8 Å². The van der Waals surface area contributed by atoms with E-state index in [4.69, 9.17) is 9.47 Å². The molecule has 1 aliphatic rings. The lowest BCUT2D eigenvalue weighted by Gasteiger charge is -2.21. The average molecular weight is 315 g/mol. The van der Waals surface area contributed by atoms with E-state index in [2.05, 4.69) is 15.9 Å². The van der Waals surface area contributed by atoms with E-state index in [1.54, 1.807) is 14.2 Å². The van der Waals surface area contributed by atoms with Crippen molar-refractivity contribution in [2.45, 2.75) is 38.7 Å². The Hall–Kier alpha value is -0.740. The Balaban J connectivity index is 2.58. The second-order valence-corrected chi connectivity index (χ2v) is 5.80. The van der Waals surface area contributed by atoms with Gasteiger partial charge in [0.25, 0.3) is 0 Å². The summed E-state index contributed by atoms with van der Waals surface area (Å²) in [6, 6.07) is 0.